The number of hydrogen-bond donors (Lipinski definition) is 1. The van der Waals surface area contributed by atoms with Crippen molar-refractivity contribution < 1.29 is 19.2 Å². The van der Waals surface area contributed by atoms with Gasteiger partial charge in [-0.05, 0) is 29.8 Å². The number of carboxylic acid groups (broad SMARTS) is 1. The third kappa shape index (κ3) is 4.22. The van der Waals surface area contributed by atoms with Gasteiger partial charge in [-0.3, -0.25) is 10.1 Å². The molecule has 1 aromatic heterocycles. The van der Waals surface area contributed by atoms with Gasteiger partial charge in [-0.15, -0.1) is 11.8 Å². The molecule has 2 rings (SSSR count). The number of carboxylic acids is 1. The van der Waals surface area contributed by atoms with Crippen molar-refractivity contribution in [2.75, 3.05) is 0 Å². The van der Waals surface area contributed by atoms with E-state index in [1.807, 2.05) is 0 Å². The number of nitrogens with zero attached hydrogens (tertiary/aromatic N) is 1. The molecule has 21 heavy (non-hydrogen) atoms. The predicted molar refractivity (Wildman–Crippen MR) is 78.0 cm³/mol. The number of furan rings is 1. The van der Waals surface area contributed by atoms with Crippen LogP contribution in [-0.2, 0) is 10.5 Å². The number of benzene rings is 1. The predicted octanol–water partition coefficient (Wildman–Crippen LogP) is 3.58. The van der Waals surface area contributed by atoms with Crippen LogP contribution < -0.4 is 0 Å². The molecule has 0 radical (unpaired) electrons. The molecule has 0 saturated carbocycles. The lowest BCUT2D eigenvalue weighted by molar-refractivity contribution is -0.387. The van der Waals surface area contributed by atoms with Crippen molar-refractivity contribution in [2.45, 2.75) is 10.6 Å². The first kappa shape index (κ1) is 14.9. The largest absolute Gasteiger partial charge is 0.478 e. The summed E-state index contributed by atoms with van der Waals surface area (Å²) in [5.41, 5.74) is 0.408. The number of nitro benzene ring substituents is 1. The average molecular weight is 305 g/mol. The van der Waals surface area contributed by atoms with Gasteiger partial charge < -0.3 is 9.52 Å². The van der Waals surface area contributed by atoms with E-state index in [9.17, 15) is 14.9 Å². The molecule has 6 nitrogen and oxygen atoms in total. The van der Waals surface area contributed by atoms with Gasteiger partial charge in [0.1, 0.15) is 5.76 Å². The fourth-order valence-electron chi connectivity index (χ4n) is 1.61. The van der Waals surface area contributed by atoms with Gasteiger partial charge >= 0.3 is 5.97 Å². The lowest BCUT2D eigenvalue weighted by atomic mass is 10.2. The van der Waals surface area contributed by atoms with E-state index in [0.29, 0.717) is 16.2 Å². The molecule has 0 aliphatic rings. The molecule has 108 valence electrons. The minimum Gasteiger partial charge on any atom is -0.478 e. The maximum absolute atomic E-state index is 11.1. The van der Waals surface area contributed by atoms with Gasteiger partial charge in [-0.2, -0.15) is 0 Å². The second-order valence-corrected chi connectivity index (χ2v) is 5.04. The van der Waals surface area contributed by atoms with Crippen molar-refractivity contribution in [3.63, 3.8) is 0 Å². The zero-order chi connectivity index (χ0) is 15.2. The highest BCUT2D eigenvalue weighted by Gasteiger charge is 2.15. The quantitative estimate of drug-likeness (QED) is 0.379. The van der Waals surface area contributed by atoms with Crippen molar-refractivity contribution in [2.24, 2.45) is 0 Å². The van der Waals surface area contributed by atoms with Crippen molar-refractivity contribution in [3.8, 4) is 0 Å². The second kappa shape index (κ2) is 6.76. The Morgan fingerprint density at radius 2 is 2.24 bits per heavy atom. The van der Waals surface area contributed by atoms with Crippen molar-refractivity contribution in [1.82, 2.24) is 0 Å². The first-order chi connectivity index (χ1) is 10.1. The average Bonchev–Trinajstić information content (AvgIpc) is 2.96. The molecule has 7 heteroatoms. The highest BCUT2D eigenvalue weighted by Crippen LogP contribution is 2.32. The Kier molecular flexibility index (Phi) is 4.78. The number of aliphatic carboxylic acids is 1. The molecule has 0 atom stereocenters. The van der Waals surface area contributed by atoms with Gasteiger partial charge in [0.25, 0.3) is 5.69 Å². The molecule has 2 aromatic rings. The van der Waals surface area contributed by atoms with Crippen LogP contribution in [0.25, 0.3) is 6.08 Å². The maximum Gasteiger partial charge on any atom is 0.328 e. The smallest absolute Gasteiger partial charge is 0.328 e. The summed E-state index contributed by atoms with van der Waals surface area (Å²) in [5.74, 6) is 0.107. The molecule has 0 unspecified atom stereocenters. The summed E-state index contributed by atoms with van der Waals surface area (Å²) in [6, 6.07) is 8.14. The Balaban J connectivity index is 2.20. The Hall–Kier alpha value is -2.54. The summed E-state index contributed by atoms with van der Waals surface area (Å²) >= 11 is 1.29. The lowest BCUT2D eigenvalue weighted by Gasteiger charge is -2.03. The fourth-order valence-corrected chi connectivity index (χ4v) is 2.52. The van der Waals surface area contributed by atoms with Crippen LogP contribution >= 0.6 is 11.8 Å². The SMILES string of the molecule is O=C(O)C=Cc1ccc(SCc2ccco2)c([N+](=O)[O-])c1. The number of nitro groups is 1. The Labute approximate surface area is 124 Å². The van der Waals surface area contributed by atoms with Crippen LogP contribution in [0.3, 0.4) is 0 Å². The van der Waals surface area contributed by atoms with Crippen LogP contribution in [0, 0.1) is 10.1 Å². The summed E-state index contributed by atoms with van der Waals surface area (Å²) in [7, 11) is 0. The van der Waals surface area contributed by atoms with Crippen molar-refractivity contribution in [1.29, 1.82) is 0 Å². The lowest BCUT2D eigenvalue weighted by Crippen LogP contribution is -1.92. The summed E-state index contributed by atoms with van der Waals surface area (Å²) < 4.78 is 5.18. The molecule has 1 heterocycles. The molecule has 0 amide bonds. The standard InChI is InChI=1S/C14H11NO5S/c16-14(17)6-4-10-3-5-13(12(8-10)15(18)19)21-9-11-2-1-7-20-11/h1-8H,9H2,(H,16,17). The van der Waals surface area contributed by atoms with Crippen LogP contribution in [-0.4, -0.2) is 16.0 Å². The van der Waals surface area contributed by atoms with E-state index in [4.69, 9.17) is 9.52 Å². The van der Waals surface area contributed by atoms with E-state index in [1.165, 1.54) is 23.9 Å². The Morgan fingerprint density at radius 3 is 2.86 bits per heavy atom. The van der Waals surface area contributed by atoms with Crippen molar-refractivity contribution >= 4 is 29.5 Å². The molecule has 0 fully saturated rings. The molecule has 0 saturated heterocycles. The van der Waals surface area contributed by atoms with Gasteiger partial charge in [-0.1, -0.05) is 6.07 Å². The summed E-state index contributed by atoms with van der Waals surface area (Å²) in [5, 5.41) is 19.7. The van der Waals surface area contributed by atoms with E-state index in [0.717, 1.165) is 11.8 Å². The number of thioether (sulfide) groups is 1. The highest BCUT2D eigenvalue weighted by atomic mass is 32.2. The Morgan fingerprint density at radius 1 is 1.43 bits per heavy atom. The van der Waals surface area contributed by atoms with Crippen LogP contribution in [0.5, 0.6) is 0 Å². The minimum atomic E-state index is -1.10. The zero-order valence-corrected chi connectivity index (χ0v) is 11.6. The molecule has 0 bridgehead atoms. The van der Waals surface area contributed by atoms with Crippen LogP contribution in [0.1, 0.15) is 11.3 Å². The Bertz CT molecular complexity index is 679. The van der Waals surface area contributed by atoms with E-state index in [1.54, 1.807) is 30.5 Å². The van der Waals surface area contributed by atoms with Gasteiger partial charge in [0.05, 0.1) is 21.8 Å². The normalized spacial score (nSPS) is 10.9. The van der Waals surface area contributed by atoms with Crippen molar-refractivity contribution in [3.05, 3.63) is 64.1 Å². The first-order valence-corrected chi connectivity index (χ1v) is 6.89. The second-order valence-electron chi connectivity index (χ2n) is 4.02. The highest BCUT2D eigenvalue weighted by molar-refractivity contribution is 7.98. The zero-order valence-electron chi connectivity index (χ0n) is 10.8. The number of hydrogen-bond acceptors (Lipinski definition) is 5. The van der Waals surface area contributed by atoms with Crippen LogP contribution in [0.2, 0.25) is 0 Å². The first-order valence-electron chi connectivity index (χ1n) is 5.91. The van der Waals surface area contributed by atoms with Gasteiger partial charge in [-0.25, -0.2) is 4.79 Å². The third-order valence-corrected chi connectivity index (χ3v) is 3.63. The van der Waals surface area contributed by atoms with E-state index >= 15 is 0 Å². The summed E-state index contributed by atoms with van der Waals surface area (Å²) in [6.45, 7) is 0. The maximum atomic E-state index is 11.1. The number of rotatable bonds is 6. The molecule has 1 N–H and O–H groups in total. The third-order valence-electron chi connectivity index (χ3n) is 2.55. The van der Waals surface area contributed by atoms with Crippen LogP contribution in [0.15, 0.2) is 52.0 Å². The van der Waals surface area contributed by atoms with E-state index < -0.39 is 10.9 Å². The topological polar surface area (TPSA) is 93.6 Å². The van der Waals surface area contributed by atoms with E-state index in [-0.39, 0.29) is 5.69 Å². The van der Waals surface area contributed by atoms with Crippen LogP contribution in [0.4, 0.5) is 5.69 Å². The summed E-state index contributed by atoms with van der Waals surface area (Å²) in [4.78, 5) is 21.6. The van der Waals surface area contributed by atoms with Gasteiger partial charge in [0, 0.05) is 12.1 Å². The molecular formula is C14H11NO5S. The molecule has 1 aromatic carbocycles. The monoisotopic (exact) mass is 305 g/mol. The fraction of sp³-hybridized carbons (Fsp3) is 0.0714. The number of carbonyl (C=O) groups is 1. The minimum absolute atomic E-state index is 0.0564. The summed E-state index contributed by atoms with van der Waals surface area (Å²) in [6.07, 6.45) is 3.80. The van der Waals surface area contributed by atoms with Gasteiger partial charge in [0.2, 0.25) is 0 Å². The van der Waals surface area contributed by atoms with Gasteiger partial charge in [0.15, 0.2) is 0 Å². The molecular weight excluding hydrogens is 294 g/mol. The molecule has 0 spiro atoms. The molecule has 0 aliphatic heterocycles. The molecule has 0 aliphatic carbocycles. The van der Waals surface area contributed by atoms with E-state index in [2.05, 4.69) is 0 Å².